The van der Waals surface area contributed by atoms with Crippen LogP contribution in [-0.2, 0) is 24.4 Å². The molecule has 0 saturated heterocycles. The van der Waals surface area contributed by atoms with Gasteiger partial charge in [0.2, 0.25) is 11.8 Å². The molecule has 11 nitrogen and oxygen atoms in total. The number of nitrogens with two attached hydrogens (primary N) is 1. The van der Waals surface area contributed by atoms with Crippen LogP contribution in [0.4, 0.5) is 5.69 Å². The molecule has 0 fully saturated rings. The molecule has 34 heavy (non-hydrogen) atoms. The summed E-state index contributed by atoms with van der Waals surface area (Å²) in [4.78, 5) is 54.7. The summed E-state index contributed by atoms with van der Waals surface area (Å²) in [5.74, 6) is -0.533. The molecule has 0 unspecified atom stereocenters. The maximum Gasteiger partial charge on any atom is 0.333 e. The quantitative estimate of drug-likeness (QED) is 0.384. The normalized spacial score (nSPS) is 11.1. The third kappa shape index (κ3) is 4.53. The Balaban J connectivity index is 1.70. The molecule has 0 atom stereocenters. The highest BCUT2D eigenvalue weighted by Crippen LogP contribution is 2.12. The SMILES string of the molecule is CCCCn1c(=O)n(CC(=O)Nc2ccc(C(N)=O)cc2)c(=O)c2c1ncn2Cc1ccco1. The van der Waals surface area contributed by atoms with Crippen LogP contribution < -0.4 is 22.3 Å². The summed E-state index contributed by atoms with van der Waals surface area (Å²) in [6.45, 7) is 2.12. The van der Waals surface area contributed by atoms with E-state index in [9.17, 15) is 19.2 Å². The lowest BCUT2D eigenvalue weighted by Gasteiger charge is -2.12. The number of hydrogen-bond donors (Lipinski definition) is 2. The predicted molar refractivity (Wildman–Crippen MR) is 125 cm³/mol. The van der Waals surface area contributed by atoms with Gasteiger partial charge in [-0.15, -0.1) is 0 Å². The first kappa shape index (κ1) is 22.8. The zero-order valence-corrected chi connectivity index (χ0v) is 18.6. The van der Waals surface area contributed by atoms with E-state index in [1.54, 1.807) is 16.7 Å². The molecule has 3 heterocycles. The van der Waals surface area contributed by atoms with Crippen LogP contribution in [0.3, 0.4) is 0 Å². The monoisotopic (exact) mass is 464 g/mol. The number of imidazole rings is 1. The third-order valence-corrected chi connectivity index (χ3v) is 5.38. The number of amides is 2. The Morgan fingerprint density at radius 3 is 2.53 bits per heavy atom. The molecule has 0 aliphatic heterocycles. The van der Waals surface area contributed by atoms with Crippen molar-refractivity contribution in [2.75, 3.05) is 5.32 Å². The average molecular weight is 464 g/mol. The summed E-state index contributed by atoms with van der Waals surface area (Å²) < 4.78 is 9.32. The molecule has 3 N–H and O–H groups in total. The van der Waals surface area contributed by atoms with Crippen LogP contribution >= 0.6 is 0 Å². The van der Waals surface area contributed by atoms with Gasteiger partial charge in [-0.25, -0.2) is 14.3 Å². The summed E-state index contributed by atoms with van der Waals surface area (Å²) in [6.07, 6.45) is 4.56. The lowest BCUT2D eigenvalue weighted by Crippen LogP contribution is -2.43. The van der Waals surface area contributed by atoms with Gasteiger partial charge < -0.3 is 20.0 Å². The zero-order chi connectivity index (χ0) is 24.2. The number of fused-ring (bicyclic) bond motifs is 1. The number of benzene rings is 1. The largest absolute Gasteiger partial charge is 0.467 e. The predicted octanol–water partition coefficient (Wildman–Crippen LogP) is 1.54. The van der Waals surface area contributed by atoms with Crippen molar-refractivity contribution in [1.29, 1.82) is 0 Å². The molecule has 11 heteroatoms. The van der Waals surface area contributed by atoms with Gasteiger partial charge in [-0.2, -0.15) is 0 Å². The van der Waals surface area contributed by atoms with Crippen molar-refractivity contribution in [2.24, 2.45) is 5.73 Å². The van der Waals surface area contributed by atoms with Gasteiger partial charge in [0, 0.05) is 17.8 Å². The third-order valence-electron chi connectivity index (χ3n) is 5.38. The Hall–Kier alpha value is -4.41. The van der Waals surface area contributed by atoms with Crippen LogP contribution in [0.1, 0.15) is 35.9 Å². The van der Waals surface area contributed by atoms with Crippen molar-refractivity contribution in [3.8, 4) is 0 Å². The fraction of sp³-hybridized carbons (Fsp3) is 0.261. The van der Waals surface area contributed by atoms with Gasteiger partial charge in [0.15, 0.2) is 11.2 Å². The summed E-state index contributed by atoms with van der Waals surface area (Å²) in [6, 6.07) is 9.49. The Morgan fingerprint density at radius 1 is 1.12 bits per heavy atom. The number of nitrogens with zero attached hydrogens (tertiary/aromatic N) is 4. The van der Waals surface area contributed by atoms with E-state index in [1.165, 1.54) is 41.4 Å². The van der Waals surface area contributed by atoms with E-state index in [0.717, 1.165) is 11.0 Å². The first-order chi connectivity index (χ1) is 16.4. The summed E-state index contributed by atoms with van der Waals surface area (Å²) >= 11 is 0. The Labute approximate surface area is 193 Å². The van der Waals surface area contributed by atoms with Gasteiger partial charge >= 0.3 is 5.69 Å². The van der Waals surface area contributed by atoms with Crippen molar-refractivity contribution in [3.63, 3.8) is 0 Å². The number of unbranched alkanes of at least 4 members (excludes halogenated alkanes) is 1. The highest BCUT2D eigenvalue weighted by Gasteiger charge is 2.20. The van der Waals surface area contributed by atoms with Crippen LogP contribution in [0.25, 0.3) is 11.2 Å². The fourth-order valence-electron chi connectivity index (χ4n) is 3.65. The van der Waals surface area contributed by atoms with E-state index in [0.29, 0.717) is 30.0 Å². The summed E-state index contributed by atoms with van der Waals surface area (Å²) in [5.41, 5.74) is 5.19. The van der Waals surface area contributed by atoms with E-state index in [4.69, 9.17) is 10.2 Å². The number of primary amides is 1. The van der Waals surface area contributed by atoms with Crippen molar-refractivity contribution >= 4 is 28.7 Å². The Morgan fingerprint density at radius 2 is 1.88 bits per heavy atom. The van der Waals surface area contributed by atoms with Gasteiger partial charge in [0.1, 0.15) is 12.3 Å². The second kappa shape index (κ2) is 9.61. The van der Waals surface area contributed by atoms with Crippen molar-refractivity contribution in [1.82, 2.24) is 18.7 Å². The lowest BCUT2D eigenvalue weighted by molar-refractivity contribution is -0.116. The number of rotatable bonds is 9. The second-order valence-corrected chi connectivity index (χ2v) is 7.79. The number of carbonyl (C=O) groups excluding carboxylic acids is 2. The van der Waals surface area contributed by atoms with E-state index in [2.05, 4.69) is 10.3 Å². The number of anilines is 1. The summed E-state index contributed by atoms with van der Waals surface area (Å²) in [5, 5.41) is 2.63. The van der Waals surface area contributed by atoms with Gasteiger partial charge in [0.25, 0.3) is 5.56 Å². The molecular weight excluding hydrogens is 440 g/mol. The molecule has 0 bridgehead atoms. The maximum absolute atomic E-state index is 13.3. The molecular formula is C23H24N6O5. The first-order valence-corrected chi connectivity index (χ1v) is 10.8. The first-order valence-electron chi connectivity index (χ1n) is 10.8. The zero-order valence-electron chi connectivity index (χ0n) is 18.6. The maximum atomic E-state index is 13.3. The minimum atomic E-state index is -0.615. The number of carbonyl (C=O) groups is 2. The molecule has 2 amide bonds. The highest BCUT2D eigenvalue weighted by atomic mass is 16.3. The minimum Gasteiger partial charge on any atom is -0.467 e. The fourth-order valence-corrected chi connectivity index (χ4v) is 3.65. The van der Waals surface area contributed by atoms with E-state index >= 15 is 0 Å². The molecule has 0 aliphatic rings. The number of aromatic nitrogens is 4. The van der Waals surface area contributed by atoms with Crippen LogP contribution in [-0.4, -0.2) is 30.5 Å². The Bertz CT molecular complexity index is 1440. The van der Waals surface area contributed by atoms with Crippen molar-refractivity contribution < 1.29 is 14.0 Å². The van der Waals surface area contributed by atoms with Crippen LogP contribution in [0.15, 0.2) is 63.0 Å². The number of nitrogens with one attached hydrogen (secondary N) is 1. The number of furan rings is 1. The Kier molecular flexibility index (Phi) is 6.44. The standard InChI is InChI=1S/C23H24N6O5/c1-2-3-10-28-21-19(27(14-25-21)12-17-5-4-11-34-17)22(32)29(23(28)33)13-18(30)26-16-8-6-15(7-9-16)20(24)31/h4-9,11,14H,2-3,10,12-13H2,1H3,(H2,24,31)(H,26,30). The minimum absolute atomic E-state index is 0.214. The molecule has 1 aromatic carbocycles. The summed E-state index contributed by atoms with van der Waals surface area (Å²) in [7, 11) is 0. The molecule has 0 saturated carbocycles. The smallest absolute Gasteiger partial charge is 0.333 e. The van der Waals surface area contributed by atoms with Crippen molar-refractivity contribution in [2.45, 2.75) is 39.4 Å². The van der Waals surface area contributed by atoms with Crippen molar-refractivity contribution in [3.05, 3.63) is 81.2 Å². The van der Waals surface area contributed by atoms with Gasteiger partial charge in [0.05, 0.1) is 19.1 Å². The van der Waals surface area contributed by atoms with Gasteiger partial charge in [-0.05, 0) is 42.8 Å². The molecule has 176 valence electrons. The number of hydrogen-bond acceptors (Lipinski definition) is 6. The van der Waals surface area contributed by atoms with Crippen LogP contribution in [0.2, 0.25) is 0 Å². The second-order valence-electron chi connectivity index (χ2n) is 7.79. The molecule has 4 rings (SSSR count). The van der Waals surface area contributed by atoms with Gasteiger partial charge in [-0.1, -0.05) is 13.3 Å². The lowest BCUT2D eigenvalue weighted by atomic mass is 10.2. The van der Waals surface area contributed by atoms with Crippen LogP contribution in [0.5, 0.6) is 0 Å². The van der Waals surface area contributed by atoms with Gasteiger partial charge in [-0.3, -0.25) is 19.0 Å². The average Bonchev–Trinajstić information content (AvgIpc) is 3.48. The molecule has 0 aliphatic carbocycles. The van der Waals surface area contributed by atoms with E-state index in [-0.39, 0.29) is 17.7 Å². The number of aryl methyl sites for hydroxylation is 1. The van der Waals surface area contributed by atoms with Crippen LogP contribution in [0, 0.1) is 0 Å². The topological polar surface area (TPSA) is 147 Å². The molecule has 0 radical (unpaired) electrons. The highest BCUT2D eigenvalue weighted by molar-refractivity contribution is 5.94. The molecule has 4 aromatic rings. The van der Waals surface area contributed by atoms with E-state index < -0.39 is 29.6 Å². The molecule has 0 spiro atoms. The molecule has 3 aromatic heterocycles. The van der Waals surface area contributed by atoms with E-state index in [1.807, 2.05) is 6.92 Å².